The van der Waals surface area contributed by atoms with Gasteiger partial charge in [-0.15, -0.1) is 0 Å². The van der Waals surface area contributed by atoms with Crippen molar-refractivity contribution < 1.29 is 27.5 Å². The second kappa shape index (κ2) is 9.23. The summed E-state index contributed by atoms with van der Waals surface area (Å²) in [5.41, 5.74) is -7.28. The van der Waals surface area contributed by atoms with Crippen LogP contribution in [0.3, 0.4) is 0 Å². The van der Waals surface area contributed by atoms with Gasteiger partial charge in [-0.05, 0) is 24.5 Å². The average molecular weight is 494 g/mol. The molecule has 1 fully saturated rings. The number of methoxy groups -OCH3 is 1. The fraction of sp³-hybridized carbons (Fsp3) is 0.478. The molecule has 2 heterocycles. The SMILES string of the molecule is COc1ccccc1-n1c2c(c(=O)[nH]c1=O)[C@@](NC(=O)CCC1CCCCC1)(C(F)(F)F)C(=O)N2. The molecule has 2 amide bonds. The molecule has 9 nitrogen and oxygen atoms in total. The molecule has 35 heavy (non-hydrogen) atoms. The molecule has 1 aromatic carbocycles. The second-order valence-corrected chi connectivity index (χ2v) is 8.78. The zero-order valence-corrected chi connectivity index (χ0v) is 19.0. The Labute approximate surface area is 197 Å². The molecular weight excluding hydrogens is 469 g/mol. The number of halogens is 3. The van der Waals surface area contributed by atoms with E-state index in [1.807, 2.05) is 10.3 Å². The number of carbonyl (C=O) groups excluding carboxylic acids is 2. The lowest BCUT2D eigenvalue weighted by atomic mass is 9.85. The van der Waals surface area contributed by atoms with E-state index in [4.69, 9.17) is 4.74 Å². The molecule has 1 aromatic heterocycles. The topological polar surface area (TPSA) is 122 Å². The van der Waals surface area contributed by atoms with Gasteiger partial charge in [0.15, 0.2) is 0 Å². The number of para-hydroxylation sites is 2. The Morgan fingerprint density at radius 1 is 1.17 bits per heavy atom. The van der Waals surface area contributed by atoms with Crippen LogP contribution < -0.4 is 26.6 Å². The van der Waals surface area contributed by atoms with Crippen molar-refractivity contribution in [3.8, 4) is 11.4 Å². The van der Waals surface area contributed by atoms with Gasteiger partial charge in [-0.25, -0.2) is 9.36 Å². The lowest BCUT2D eigenvalue weighted by Crippen LogP contribution is -2.62. The normalized spacial score (nSPS) is 20.3. The highest BCUT2D eigenvalue weighted by atomic mass is 19.4. The first-order valence-electron chi connectivity index (χ1n) is 11.3. The summed E-state index contributed by atoms with van der Waals surface area (Å²) in [6.07, 6.45) is -0.334. The number of hydrogen-bond acceptors (Lipinski definition) is 5. The van der Waals surface area contributed by atoms with Gasteiger partial charge in [-0.3, -0.25) is 19.4 Å². The summed E-state index contributed by atoms with van der Waals surface area (Å²) in [5.74, 6) is -3.03. The van der Waals surface area contributed by atoms with Crippen molar-refractivity contribution >= 4 is 17.6 Å². The smallest absolute Gasteiger partial charge is 0.425 e. The Balaban J connectivity index is 1.80. The average Bonchev–Trinajstić information content (AvgIpc) is 3.11. The largest absolute Gasteiger partial charge is 0.495 e. The first-order chi connectivity index (χ1) is 16.6. The number of hydrogen-bond donors (Lipinski definition) is 3. The van der Waals surface area contributed by atoms with Crippen molar-refractivity contribution in [1.82, 2.24) is 14.9 Å². The molecule has 0 saturated heterocycles. The fourth-order valence-corrected chi connectivity index (χ4v) is 4.91. The van der Waals surface area contributed by atoms with Crippen LogP contribution in [0.1, 0.15) is 50.5 Å². The Morgan fingerprint density at radius 2 is 1.86 bits per heavy atom. The molecule has 3 N–H and O–H groups in total. The molecule has 1 saturated carbocycles. The minimum Gasteiger partial charge on any atom is -0.495 e. The molecule has 2 aliphatic rings. The highest BCUT2D eigenvalue weighted by Crippen LogP contribution is 2.46. The van der Waals surface area contributed by atoms with Crippen LogP contribution in [-0.4, -0.2) is 34.7 Å². The Hall–Kier alpha value is -3.57. The highest BCUT2D eigenvalue weighted by molar-refractivity contribution is 6.07. The maximum Gasteiger partial charge on any atom is 0.425 e. The van der Waals surface area contributed by atoms with Gasteiger partial charge in [-0.2, -0.15) is 13.2 Å². The quantitative estimate of drug-likeness (QED) is 0.570. The van der Waals surface area contributed by atoms with E-state index in [0.717, 1.165) is 36.7 Å². The third-order valence-corrected chi connectivity index (χ3v) is 6.64. The van der Waals surface area contributed by atoms with Crippen molar-refractivity contribution in [3.63, 3.8) is 0 Å². The van der Waals surface area contributed by atoms with Crippen LogP contribution in [0.4, 0.5) is 19.0 Å². The summed E-state index contributed by atoms with van der Waals surface area (Å²) in [6, 6.07) is 5.91. The van der Waals surface area contributed by atoms with E-state index in [1.54, 1.807) is 11.4 Å². The molecule has 0 spiro atoms. The maximum atomic E-state index is 14.5. The number of aromatic nitrogens is 2. The van der Waals surface area contributed by atoms with Crippen LogP contribution in [0.25, 0.3) is 5.69 Å². The third-order valence-electron chi connectivity index (χ3n) is 6.64. The number of ether oxygens (including phenoxy) is 1. The van der Waals surface area contributed by atoms with Crippen molar-refractivity contribution in [2.45, 2.75) is 56.7 Å². The van der Waals surface area contributed by atoms with E-state index in [9.17, 15) is 32.3 Å². The second-order valence-electron chi connectivity index (χ2n) is 8.78. The van der Waals surface area contributed by atoms with Gasteiger partial charge < -0.3 is 15.4 Å². The maximum absolute atomic E-state index is 14.5. The summed E-state index contributed by atoms with van der Waals surface area (Å²) >= 11 is 0. The van der Waals surface area contributed by atoms with Gasteiger partial charge in [0.05, 0.1) is 12.8 Å². The zero-order valence-electron chi connectivity index (χ0n) is 19.0. The first kappa shape index (κ1) is 24.6. The van der Waals surface area contributed by atoms with Gasteiger partial charge in [0.1, 0.15) is 17.1 Å². The molecule has 4 rings (SSSR count). The number of fused-ring (bicyclic) bond motifs is 1. The number of alkyl halides is 3. The number of benzene rings is 1. The standard InChI is InChI=1S/C23H25F3N4O5/c1-35-15-10-6-5-9-14(15)30-18-17(19(32)28-21(30)34)22(20(33)27-18,23(24,25)26)29-16(31)12-11-13-7-3-2-4-8-13/h5-6,9-10,13H,2-4,7-8,11-12H2,1H3,(H,27,33)(H,29,31)(H,28,32,34)/t22-/m0/s1. The predicted octanol–water partition coefficient (Wildman–Crippen LogP) is 2.72. The predicted molar refractivity (Wildman–Crippen MR) is 120 cm³/mol. The minimum atomic E-state index is -5.38. The molecular formula is C23H25F3N4O5. The van der Waals surface area contributed by atoms with E-state index in [-0.39, 0.29) is 23.8 Å². The van der Waals surface area contributed by atoms with E-state index in [2.05, 4.69) is 0 Å². The van der Waals surface area contributed by atoms with Gasteiger partial charge >= 0.3 is 11.9 Å². The minimum absolute atomic E-state index is 0.00519. The van der Waals surface area contributed by atoms with Crippen LogP contribution in [0, 0.1) is 5.92 Å². The monoisotopic (exact) mass is 494 g/mol. The van der Waals surface area contributed by atoms with E-state index in [0.29, 0.717) is 6.42 Å². The molecule has 188 valence electrons. The lowest BCUT2D eigenvalue weighted by molar-refractivity contribution is -0.200. The number of rotatable bonds is 6. The third kappa shape index (κ3) is 4.21. The van der Waals surface area contributed by atoms with Crippen LogP contribution in [-0.2, 0) is 15.1 Å². The molecule has 0 radical (unpaired) electrons. The summed E-state index contributed by atoms with van der Waals surface area (Å²) in [7, 11) is 1.29. The molecule has 1 aliphatic carbocycles. The van der Waals surface area contributed by atoms with Crippen molar-refractivity contribution in [1.29, 1.82) is 0 Å². The summed E-state index contributed by atoms with van der Waals surface area (Å²) in [5, 5.41) is 3.82. The molecule has 12 heteroatoms. The number of carbonyl (C=O) groups is 2. The number of nitrogens with one attached hydrogen (secondary N) is 3. The summed E-state index contributed by atoms with van der Waals surface area (Å²) in [4.78, 5) is 52.8. The van der Waals surface area contributed by atoms with Gasteiger partial charge in [0.2, 0.25) is 11.4 Å². The fourth-order valence-electron chi connectivity index (χ4n) is 4.91. The number of nitrogens with zero attached hydrogens (tertiary/aromatic N) is 1. The highest BCUT2D eigenvalue weighted by Gasteiger charge is 2.68. The summed E-state index contributed by atoms with van der Waals surface area (Å²) < 4.78 is 49.5. The molecule has 2 aromatic rings. The van der Waals surface area contributed by atoms with Crippen molar-refractivity contribution in [2.75, 3.05) is 12.4 Å². The lowest BCUT2D eigenvalue weighted by Gasteiger charge is -2.30. The van der Waals surface area contributed by atoms with E-state index in [1.165, 1.54) is 25.3 Å². The number of aromatic amines is 1. The number of amides is 2. The molecule has 1 aliphatic heterocycles. The van der Waals surface area contributed by atoms with Crippen LogP contribution >= 0.6 is 0 Å². The Kier molecular flexibility index (Phi) is 6.48. The van der Waals surface area contributed by atoms with Crippen LogP contribution in [0.15, 0.2) is 33.9 Å². The van der Waals surface area contributed by atoms with Crippen LogP contribution in [0.5, 0.6) is 5.75 Å². The molecule has 0 unspecified atom stereocenters. The van der Waals surface area contributed by atoms with Gasteiger partial charge in [0, 0.05) is 6.42 Å². The van der Waals surface area contributed by atoms with Crippen molar-refractivity contribution in [3.05, 3.63) is 50.7 Å². The van der Waals surface area contributed by atoms with Gasteiger partial charge in [-0.1, -0.05) is 44.2 Å². The Morgan fingerprint density at radius 3 is 2.51 bits per heavy atom. The van der Waals surface area contributed by atoms with Gasteiger partial charge in [0.25, 0.3) is 11.5 Å². The number of anilines is 1. The van der Waals surface area contributed by atoms with Crippen molar-refractivity contribution in [2.24, 2.45) is 5.92 Å². The van der Waals surface area contributed by atoms with E-state index >= 15 is 0 Å². The molecule has 1 atom stereocenters. The number of H-pyrrole nitrogens is 1. The van der Waals surface area contributed by atoms with E-state index < -0.39 is 46.2 Å². The Bertz CT molecular complexity index is 1260. The molecule has 0 bridgehead atoms. The summed E-state index contributed by atoms with van der Waals surface area (Å²) in [6.45, 7) is 0. The van der Waals surface area contributed by atoms with Crippen LogP contribution in [0.2, 0.25) is 0 Å². The zero-order chi connectivity index (χ0) is 25.4. The first-order valence-corrected chi connectivity index (χ1v) is 11.3.